The van der Waals surface area contributed by atoms with Crippen LogP contribution in [0.2, 0.25) is 0 Å². The molecule has 4 saturated carbocycles. The molecule has 4 fully saturated rings. The van der Waals surface area contributed by atoms with Crippen molar-refractivity contribution in [2.45, 2.75) is 70.9 Å². The Hall–Kier alpha value is -0.810. The Morgan fingerprint density at radius 3 is 1.95 bits per heavy atom. The van der Waals surface area contributed by atoms with Crippen LogP contribution in [0.1, 0.15) is 59.3 Å². The molecule has 0 aromatic rings. The molecule has 0 spiro atoms. The summed E-state index contributed by atoms with van der Waals surface area (Å²) in [6, 6.07) is 2.54. The molecule has 1 N–H and O–H groups in total. The Bertz CT molecular complexity index is 414. The quantitative estimate of drug-likeness (QED) is 0.787. The summed E-state index contributed by atoms with van der Waals surface area (Å²) in [5.41, 5.74) is 1.10. The van der Waals surface area contributed by atoms with Crippen molar-refractivity contribution in [3.8, 4) is 6.07 Å². The monoisotopic (exact) mass is 272 g/mol. The van der Waals surface area contributed by atoms with E-state index < -0.39 is 0 Å². The summed E-state index contributed by atoms with van der Waals surface area (Å²) >= 11 is 0. The first-order valence-corrected chi connectivity index (χ1v) is 8.18. The highest BCUT2D eigenvalue weighted by Crippen LogP contribution is 2.62. The van der Waals surface area contributed by atoms with Gasteiger partial charge >= 0.3 is 0 Å². The first-order valence-electron chi connectivity index (χ1n) is 8.18. The van der Waals surface area contributed by atoms with Crippen LogP contribution in [0.25, 0.3) is 0 Å². The molecule has 1 unspecified atom stereocenters. The van der Waals surface area contributed by atoms with E-state index in [4.69, 9.17) is 0 Å². The minimum absolute atomic E-state index is 0.0355. The van der Waals surface area contributed by atoms with Crippen LogP contribution in [-0.2, 0) is 0 Å². The number of rotatable bonds is 3. The average Bonchev–Trinajstić information content (AvgIpc) is 2.32. The number of nitrogens with zero attached hydrogens (tertiary/aromatic N) is 1. The number of hydrogen-bond donors (Lipinski definition) is 1. The van der Waals surface area contributed by atoms with E-state index in [1.54, 1.807) is 0 Å². The van der Waals surface area contributed by atoms with E-state index in [1.807, 2.05) is 0 Å². The highest BCUT2D eigenvalue weighted by atomic mass is 15.0. The van der Waals surface area contributed by atoms with Crippen molar-refractivity contribution in [2.24, 2.45) is 23.2 Å². The normalized spacial score (nSPS) is 40.4. The molecule has 4 aliphatic rings. The predicted octanol–water partition coefficient (Wildman–Crippen LogP) is 4.04. The Labute approximate surface area is 123 Å². The molecule has 20 heavy (non-hydrogen) atoms. The number of hydrogen-bond acceptors (Lipinski definition) is 2. The second-order valence-electron chi connectivity index (χ2n) is 8.74. The lowest BCUT2D eigenvalue weighted by Gasteiger charge is -2.60. The smallest absolute Gasteiger partial charge is 0.0957 e. The third kappa shape index (κ3) is 2.42. The number of nitriles is 1. The third-order valence-electron chi connectivity index (χ3n) is 5.77. The lowest BCUT2D eigenvalue weighted by Crippen LogP contribution is -2.59. The topological polar surface area (TPSA) is 35.8 Å². The van der Waals surface area contributed by atoms with Crippen LogP contribution in [-0.4, -0.2) is 11.6 Å². The maximum absolute atomic E-state index is 9.41. The second-order valence-corrected chi connectivity index (χ2v) is 8.74. The van der Waals surface area contributed by atoms with Crippen LogP contribution in [0.3, 0.4) is 0 Å². The Morgan fingerprint density at radius 2 is 1.60 bits per heavy atom. The molecule has 0 amide bonds. The summed E-state index contributed by atoms with van der Waals surface area (Å²) in [4.78, 5) is 0. The summed E-state index contributed by atoms with van der Waals surface area (Å²) < 4.78 is 0. The summed E-state index contributed by atoms with van der Waals surface area (Å²) in [5, 5.41) is 13.2. The van der Waals surface area contributed by atoms with Crippen LogP contribution >= 0.6 is 0 Å². The third-order valence-corrected chi connectivity index (χ3v) is 5.77. The highest BCUT2D eigenvalue weighted by Gasteiger charge is 2.55. The standard InChI is InChI=1S/C18H28N2/c1-12(11-19)16(20-17(2,3)4)18-8-13-5-14(9-18)7-15(6-13)10-18/h13-16,20H,1,5-10H2,2-4H3. The molecular formula is C18H28N2. The second kappa shape index (κ2) is 4.60. The SMILES string of the molecule is C=C(C#N)C(NC(C)(C)C)C12CC3CC(CC(C3)C1)C2. The van der Waals surface area contributed by atoms with Gasteiger partial charge in [-0.05, 0) is 82.5 Å². The van der Waals surface area contributed by atoms with E-state index in [9.17, 15) is 5.26 Å². The molecule has 4 rings (SSSR count). The van der Waals surface area contributed by atoms with Gasteiger partial charge in [-0.1, -0.05) is 6.58 Å². The van der Waals surface area contributed by atoms with Crippen molar-refractivity contribution in [1.82, 2.24) is 5.32 Å². The van der Waals surface area contributed by atoms with Crippen molar-refractivity contribution in [2.75, 3.05) is 0 Å². The van der Waals surface area contributed by atoms with Gasteiger partial charge in [-0.15, -0.1) is 0 Å². The van der Waals surface area contributed by atoms with Crippen LogP contribution in [0.15, 0.2) is 12.2 Å². The highest BCUT2D eigenvalue weighted by molar-refractivity contribution is 5.29. The summed E-state index contributed by atoms with van der Waals surface area (Å²) in [5.74, 6) is 2.74. The fourth-order valence-corrected chi connectivity index (χ4v) is 5.64. The van der Waals surface area contributed by atoms with E-state index in [0.29, 0.717) is 5.41 Å². The van der Waals surface area contributed by atoms with Crippen LogP contribution < -0.4 is 5.32 Å². The maximum Gasteiger partial charge on any atom is 0.0957 e. The van der Waals surface area contributed by atoms with Gasteiger partial charge in [0, 0.05) is 17.2 Å². The molecular weight excluding hydrogens is 244 g/mol. The van der Waals surface area contributed by atoms with E-state index in [1.165, 1.54) is 38.5 Å². The molecule has 1 atom stereocenters. The van der Waals surface area contributed by atoms with Gasteiger partial charge in [-0.2, -0.15) is 5.26 Å². The molecule has 0 radical (unpaired) electrons. The van der Waals surface area contributed by atoms with Crippen LogP contribution in [0.5, 0.6) is 0 Å². The van der Waals surface area contributed by atoms with Gasteiger partial charge in [0.15, 0.2) is 0 Å². The van der Waals surface area contributed by atoms with E-state index in [-0.39, 0.29) is 11.6 Å². The predicted molar refractivity (Wildman–Crippen MR) is 82.0 cm³/mol. The Kier molecular flexibility index (Phi) is 3.25. The molecule has 2 nitrogen and oxygen atoms in total. The van der Waals surface area contributed by atoms with Crippen molar-refractivity contribution in [1.29, 1.82) is 5.26 Å². The molecule has 4 bridgehead atoms. The minimum Gasteiger partial charge on any atom is -0.304 e. The molecule has 0 aliphatic heterocycles. The number of nitrogens with one attached hydrogen (secondary N) is 1. The van der Waals surface area contributed by atoms with Gasteiger partial charge in [0.25, 0.3) is 0 Å². The lowest BCUT2D eigenvalue weighted by molar-refractivity contribution is -0.0696. The minimum atomic E-state index is 0.0355. The van der Waals surface area contributed by atoms with Gasteiger partial charge in [0.1, 0.15) is 0 Å². The van der Waals surface area contributed by atoms with Crippen molar-refractivity contribution >= 4 is 0 Å². The van der Waals surface area contributed by atoms with Gasteiger partial charge in [0.2, 0.25) is 0 Å². The van der Waals surface area contributed by atoms with E-state index in [0.717, 1.165) is 23.3 Å². The van der Waals surface area contributed by atoms with Crippen molar-refractivity contribution in [3.05, 3.63) is 12.2 Å². The van der Waals surface area contributed by atoms with Crippen LogP contribution in [0.4, 0.5) is 0 Å². The van der Waals surface area contributed by atoms with Gasteiger partial charge in [-0.25, -0.2) is 0 Å². The summed E-state index contributed by atoms with van der Waals surface area (Å²) in [7, 11) is 0. The lowest BCUT2D eigenvalue weighted by atomic mass is 9.47. The largest absolute Gasteiger partial charge is 0.304 e. The fourth-order valence-electron chi connectivity index (χ4n) is 5.64. The fraction of sp³-hybridized carbons (Fsp3) is 0.833. The summed E-state index contributed by atoms with van der Waals surface area (Å²) in [6.45, 7) is 10.7. The zero-order chi connectivity index (χ0) is 14.5. The van der Waals surface area contributed by atoms with Gasteiger partial charge in [-0.3, -0.25) is 0 Å². The molecule has 0 aromatic carbocycles. The molecule has 4 aliphatic carbocycles. The molecule has 110 valence electrons. The Balaban J connectivity index is 1.90. The Morgan fingerprint density at radius 1 is 1.15 bits per heavy atom. The van der Waals surface area contributed by atoms with Gasteiger partial charge in [0.05, 0.1) is 6.07 Å². The average molecular weight is 272 g/mol. The first kappa shape index (κ1) is 14.1. The maximum atomic E-state index is 9.41. The zero-order valence-electron chi connectivity index (χ0n) is 13.2. The van der Waals surface area contributed by atoms with Crippen molar-refractivity contribution in [3.63, 3.8) is 0 Å². The van der Waals surface area contributed by atoms with E-state index >= 15 is 0 Å². The zero-order valence-corrected chi connectivity index (χ0v) is 13.2. The first-order chi connectivity index (χ1) is 9.31. The van der Waals surface area contributed by atoms with Gasteiger partial charge < -0.3 is 5.32 Å². The molecule has 0 aromatic heterocycles. The van der Waals surface area contributed by atoms with Crippen molar-refractivity contribution < 1.29 is 0 Å². The molecule has 0 saturated heterocycles. The summed E-state index contributed by atoms with van der Waals surface area (Å²) in [6.07, 6.45) is 8.27. The molecule has 0 heterocycles. The van der Waals surface area contributed by atoms with E-state index in [2.05, 4.69) is 38.7 Å². The van der Waals surface area contributed by atoms with Crippen LogP contribution in [0, 0.1) is 34.5 Å². The molecule has 2 heteroatoms.